The molecule has 13 rings (SSSR count). The molecule has 0 radical (unpaired) electrons. The highest BCUT2D eigenvalue weighted by Crippen LogP contribution is 2.69. The Labute approximate surface area is 285 Å². The summed E-state index contributed by atoms with van der Waals surface area (Å²) in [6.07, 6.45) is 7.02. The van der Waals surface area contributed by atoms with Gasteiger partial charge in [-0.05, 0) is 115 Å². The van der Waals surface area contributed by atoms with Gasteiger partial charge >= 0.3 is 0 Å². The Bertz CT molecular complexity index is 2580. The number of nitrogens with zero attached hydrogens (tertiary/aromatic N) is 2. The van der Waals surface area contributed by atoms with E-state index < -0.39 is 0 Å². The molecule has 3 nitrogen and oxygen atoms in total. The second kappa shape index (κ2) is 9.45. The lowest BCUT2D eigenvalue weighted by Crippen LogP contribution is -2.57. The van der Waals surface area contributed by atoms with Crippen LogP contribution >= 0.6 is 0 Å². The lowest BCUT2D eigenvalue weighted by atomic mass is 9.41. The fourth-order valence-electron chi connectivity index (χ4n) is 11.7. The molecule has 1 spiro atoms. The lowest BCUT2D eigenvalue weighted by molar-refractivity contribution is -0.0419. The maximum atomic E-state index is 6.57. The molecule has 4 fully saturated rings. The number of hydrogen-bond acceptors (Lipinski definition) is 2. The number of benzene rings is 6. The van der Waals surface area contributed by atoms with Crippen LogP contribution in [0.5, 0.6) is 0 Å². The van der Waals surface area contributed by atoms with Gasteiger partial charge in [-0.25, -0.2) is 0 Å². The SMILES string of the molecule is c1ccc2c(c1)N(c1ccc3c(c1)c1ccccc1n3-c1cccc3c1oc1ccccc13)c1ccccc1C21C2CC3CC(C2)CC1C3. The molecule has 4 saturated carbocycles. The van der Waals surface area contributed by atoms with Crippen LogP contribution in [0.2, 0.25) is 0 Å². The van der Waals surface area contributed by atoms with Crippen LogP contribution in [0.1, 0.15) is 43.2 Å². The van der Waals surface area contributed by atoms with Crippen LogP contribution in [-0.2, 0) is 5.41 Å². The summed E-state index contributed by atoms with van der Waals surface area (Å²) < 4.78 is 8.97. The minimum absolute atomic E-state index is 0.114. The zero-order valence-electron chi connectivity index (χ0n) is 27.3. The van der Waals surface area contributed by atoms with Gasteiger partial charge in [0, 0.05) is 32.6 Å². The molecule has 0 atom stereocenters. The monoisotopic (exact) mass is 632 g/mol. The van der Waals surface area contributed by atoms with Crippen LogP contribution in [0.25, 0.3) is 49.4 Å². The summed E-state index contributed by atoms with van der Waals surface area (Å²) in [7, 11) is 0. The molecular formula is C46H36N2O. The third-order valence-electron chi connectivity index (χ3n) is 13.1. The summed E-state index contributed by atoms with van der Waals surface area (Å²) in [5, 5.41) is 4.81. The number of furan rings is 1. The second-order valence-corrected chi connectivity index (χ2v) is 15.3. The first kappa shape index (κ1) is 26.6. The number of rotatable bonds is 2. The van der Waals surface area contributed by atoms with Crippen molar-refractivity contribution in [1.82, 2.24) is 4.57 Å². The average molecular weight is 633 g/mol. The van der Waals surface area contributed by atoms with E-state index in [9.17, 15) is 0 Å². The third kappa shape index (κ3) is 3.34. The van der Waals surface area contributed by atoms with Crippen LogP contribution in [-0.4, -0.2) is 4.57 Å². The van der Waals surface area contributed by atoms with Crippen LogP contribution < -0.4 is 4.90 Å². The molecule has 4 aliphatic carbocycles. The van der Waals surface area contributed by atoms with Gasteiger partial charge in [0.1, 0.15) is 5.58 Å². The Hall–Kier alpha value is -5.28. The molecule has 1 aliphatic heterocycles. The molecule has 3 heteroatoms. The maximum Gasteiger partial charge on any atom is 0.159 e. The van der Waals surface area contributed by atoms with Gasteiger partial charge in [-0.15, -0.1) is 0 Å². The van der Waals surface area contributed by atoms with Gasteiger partial charge in [-0.2, -0.15) is 0 Å². The highest BCUT2D eigenvalue weighted by atomic mass is 16.3. The summed E-state index contributed by atoms with van der Waals surface area (Å²) in [5.41, 5.74) is 12.5. The van der Waals surface area contributed by atoms with Crippen molar-refractivity contribution in [2.24, 2.45) is 23.7 Å². The van der Waals surface area contributed by atoms with Gasteiger partial charge in [-0.3, -0.25) is 0 Å². The van der Waals surface area contributed by atoms with E-state index in [0.717, 1.165) is 51.3 Å². The average Bonchev–Trinajstić information content (AvgIpc) is 3.69. The van der Waals surface area contributed by atoms with Crippen molar-refractivity contribution in [1.29, 1.82) is 0 Å². The largest absolute Gasteiger partial charge is 0.454 e. The summed E-state index contributed by atoms with van der Waals surface area (Å²) in [6.45, 7) is 0. The predicted molar refractivity (Wildman–Crippen MR) is 201 cm³/mol. The molecule has 0 unspecified atom stereocenters. The molecular weight excluding hydrogens is 597 g/mol. The summed E-state index contributed by atoms with van der Waals surface area (Å²) in [5.74, 6) is 3.32. The summed E-state index contributed by atoms with van der Waals surface area (Å²) in [4.78, 5) is 2.58. The Morgan fingerprint density at radius 3 is 1.84 bits per heavy atom. The molecule has 5 aliphatic rings. The van der Waals surface area contributed by atoms with Crippen molar-refractivity contribution in [2.45, 2.75) is 37.5 Å². The number of anilines is 3. The Morgan fingerprint density at radius 2 is 1.08 bits per heavy atom. The molecule has 8 aromatic rings. The predicted octanol–water partition coefficient (Wildman–Crippen LogP) is 12.2. The van der Waals surface area contributed by atoms with Gasteiger partial charge in [0.2, 0.25) is 0 Å². The number of hydrogen-bond donors (Lipinski definition) is 0. The van der Waals surface area contributed by atoms with Crippen molar-refractivity contribution in [2.75, 3.05) is 4.90 Å². The van der Waals surface area contributed by atoms with Crippen LogP contribution in [0.15, 0.2) is 138 Å². The molecule has 49 heavy (non-hydrogen) atoms. The van der Waals surface area contributed by atoms with Gasteiger partial charge in [0.15, 0.2) is 5.58 Å². The fraction of sp³-hybridized carbons (Fsp3) is 0.217. The molecule has 4 bridgehead atoms. The van der Waals surface area contributed by atoms with E-state index >= 15 is 0 Å². The van der Waals surface area contributed by atoms with Gasteiger partial charge in [0.25, 0.3) is 0 Å². The van der Waals surface area contributed by atoms with Gasteiger partial charge in [0.05, 0.1) is 28.1 Å². The Kier molecular flexibility index (Phi) is 5.14. The minimum atomic E-state index is 0.114. The van der Waals surface area contributed by atoms with E-state index in [2.05, 4.69) is 137 Å². The minimum Gasteiger partial charge on any atom is -0.454 e. The van der Waals surface area contributed by atoms with Crippen molar-refractivity contribution in [3.05, 3.63) is 145 Å². The van der Waals surface area contributed by atoms with Crippen molar-refractivity contribution in [3.63, 3.8) is 0 Å². The maximum absolute atomic E-state index is 6.57. The van der Waals surface area contributed by atoms with E-state index in [-0.39, 0.29) is 5.41 Å². The fourth-order valence-corrected chi connectivity index (χ4v) is 11.7. The first-order valence-corrected chi connectivity index (χ1v) is 18.2. The Morgan fingerprint density at radius 1 is 0.490 bits per heavy atom. The van der Waals surface area contributed by atoms with E-state index in [1.807, 2.05) is 6.07 Å². The van der Waals surface area contributed by atoms with Crippen LogP contribution in [0, 0.1) is 23.7 Å². The molecule has 0 saturated heterocycles. The van der Waals surface area contributed by atoms with Crippen molar-refractivity contribution >= 4 is 60.8 Å². The molecule has 6 aromatic carbocycles. The number of para-hydroxylation sites is 5. The molecule has 3 heterocycles. The van der Waals surface area contributed by atoms with Crippen molar-refractivity contribution in [3.8, 4) is 5.69 Å². The zero-order valence-corrected chi connectivity index (χ0v) is 27.3. The topological polar surface area (TPSA) is 21.3 Å². The highest BCUT2D eigenvalue weighted by molar-refractivity contribution is 6.13. The van der Waals surface area contributed by atoms with E-state index in [0.29, 0.717) is 0 Å². The Balaban J connectivity index is 1.09. The first-order chi connectivity index (χ1) is 24.3. The zero-order chi connectivity index (χ0) is 31.8. The number of aromatic nitrogens is 1. The molecule has 2 aromatic heterocycles. The van der Waals surface area contributed by atoms with Crippen LogP contribution in [0.3, 0.4) is 0 Å². The van der Waals surface area contributed by atoms with E-state index in [1.54, 1.807) is 11.1 Å². The van der Waals surface area contributed by atoms with E-state index in [4.69, 9.17) is 4.42 Å². The molecule has 236 valence electrons. The standard InChI is InChI=1S/C46H36N2O/c1-5-15-39-33(10-1)36-27-32(20-21-40(36)48(39)43-18-9-12-35-34-11-2-8-19-44(34)49-45(35)43)47-41-16-6-3-13-37(41)46(38-14-4-7-17-42(38)47)30-23-28-22-29(25-30)26-31(46)24-28/h1-21,27-31H,22-26H2. The molecule has 0 N–H and O–H groups in total. The smallest absolute Gasteiger partial charge is 0.159 e. The van der Waals surface area contributed by atoms with E-state index in [1.165, 1.54) is 71.0 Å². The molecule has 0 amide bonds. The summed E-state index contributed by atoms with van der Waals surface area (Å²) in [6, 6.07) is 49.7. The summed E-state index contributed by atoms with van der Waals surface area (Å²) >= 11 is 0. The second-order valence-electron chi connectivity index (χ2n) is 15.3. The normalized spacial score (nSPS) is 23.2. The van der Waals surface area contributed by atoms with Crippen molar-refractivity contribution < 1.29 is 4.42 Å². The third-order valence-corrected chi connectivity index (χ3v) is 13.1. The lowest BCUT2D eigenvalue weighted by Gasteiger charge is -2.64. The highest BCUT2D eigenvalue weighted by Gasteiger charge is 2.61. The van der Waals surface area contributed by atoms with Gasteiger partial charge in [-0.1, -0.05) is 84.9 Å². The quantitative estimate of drug-likeness (QED) is 0.189. The number of fused-ring (bicyclic) bond motifs is 8. The first-order valence-electron chi connectivity index (χ1n) is 18.2. The van der Waals surface area contributed by atoms with Gasteiger partial charge < -0.3 is 13.9 Å². The van der Waals surface area contributed by atoms with Crippen LogP contribution in [0.4, 0.5) is 17.1 Å².